The van der Waals surface area contributed by atoms with Crippen molar-refractivity contribution in [1.29, 1.82) is 0 Å². The molecule has 0 saturated heterocycles. The molecule has 14 heteroatoms. The zero-order valence-corrected chi connectivity index (χ0v) is 29.5. The predicted molar refractivity (Wildman–Crippen MR) is 186 cm³/mol. The summed E-state index contributed by atoms with van der Waals surface area (Å²) in [6.45, 7) is 3.61. The van der Waals surface area contributed by atoms with E-state index >= 15 is 0 Å². The van der Waals surface area contributed by atoms with Gasteiger partial charge in [0.2, 0.25) is 0 Å². The number of hydrogen-bond donors (Lipinski definition) is 3. The fourth-order valence-electron chi connectivity index (χ4n) is 4.22. The third-order valence-electron chi connectivity index (χ3n) is 6.15. The van der Waals surface area contributed by atoms with E-state index in [9.17, 15) is 9.59 Å². The number of thiocarbonyl (C=S) groups is 1. The summed E-state index contributed by atoms with van der Waals surface area (Å²) in [5, 5.41) is 11.4. The van der Waals surface area contributed by atoms with Gasteiger partial charge in [-0.15, -0.1) is 0 Å². The Labute approximate surface area is 292 Å². The minimum absolute atomic E-state index is 0.218. The molecule has 3 aromatic carbocycles. The summed E-state index contributed by atoms with van der Waals surface area (Å²) in [6.07, 6.45) is 1.49. The number of rotatable bonds is 11. The van der Waals surface area contributed by atoms with Crippen molar-refractivity contribution in [2.24, 2.45) is 5.10 Å². The second kappa shape index (κ2) is 15.9. The van der Waals surface area contributed by atoms with Gasteiger partial charge in [-0.05, 0) is 84.6 Å². The van der Waals surface area contributed by atoms with Crippen LogP contribution in [0.4, 0.5) is 0 Å². The first kappa shape index (κ1) is 34.0. The van der Waals surface area contributed by atoms with Crippen LogP contribution in [0.15, 0.2) is 75.4 Å². The number of hydrazone groups is 1. The highest BCUT2D eigenvalue weighted by molar-refractivity contribution is 14.1. The maximum atomic E-state index is 12.8. The Morgan fingerprint density at radius 2 is 1.91 bits per heavy atom. The summed E-state index contributed by atoms with van der Waals surface area (Å²) in [5.41, 5.74) is 5.51. The van der Waals surface area contributed by atoms with E-state index in [1.54, 1.807) is 50.2 Å². The molecule has 1 amide bonds. The number of nitrogens with zero attached hydrogens (tertiary/aromatic N) is 1. The molecule has 230 valence electrons. The lowest BCUT2D eigenvalue weighted by Crippen LogP contribution is -2.45. The van der Waals surface area contributed by atoms with Gasteiger partial charge in [-0.25, -0.2) is 10.2 Å². The molecule has 0 fully saturated rings. The smallest absolute Gasteiger partial charge is 0.338 e. The zero-order chi connectivity index (χ0) is 31.8. The molecule has 0 radical (unpaired) electrons. The average molecular weight is 832 g/mol. The second-order valence-corrected chi connectivity index (χ2v) is 12.6. The highest BCUT2D eigenvalue weighted by atomic mass is 127. The van der Waals surface area contributed by atoms with Gasteiger partial charge in [-0.2, -0.15) is 5.10 Å². The fourth-order valence-corrected chi connectivity index (χ4v) is 6.52. The van der Waals surface area contributed by atoms with Crippen LogP contribution in [-0.2, 0) is 20.9 Å². The van der Waals surface area contributed by atoms with E-state index < -0.39 is 17.9 Å². The standard InChI is InChI=1S/C30H26BrCl2IN4O5S/c1-3-41-29(40)26-16(2)36-30(44)37-27(26)20-6-4-5-7-24(20)42-15-25(39)38-35-13-18-11-19(31)12-23(34)28(18)43-14-17-8-9-21(32)22(33)10-17/h4-13,27H,3,14-15H2,1-2H3,(H,38,39)(H2,36,37,44)/t27-/m0/s1. The van der Waals surface area contributed by atoms with Gasteiger partial charge in [-0.1, -0.05) is 63.4 Å². The van der Waals surface area contributed by atoms with Gasteiger partial charge < -0.3 is 24.8 Å². The van der Waals surface area contributed by atoms with E-state index in [1.807, 2.05) is 18.2 Å². The van der Waals surface area contributed by atoms with Crippen LogP contribution in [0.3, 0.4) is 0 Å². The first-order valence-electron chi connectivity index (χ1n) is 13.1. The van der Waals surface area contributed by atoms with Crippen LogP contribution in [0, 0.1) is 3.57 Å². The highest BCUT2D eigenvalue weighted by Gasteiger charge is 2.32. The lowest BCUT2D eigenvalue weighted by Gasteiger charge is -2.30. The average Bonchev–Trinajstić information content (AvgIpc) is 2.97. The van der Waals surface area contributed by atoms with E-state index in [2.05, 4.69) is 59.7 Å². The van der Waals surface area contributed by atoms with Gasteiger partial charge in [0.1, 0.15) is 18.1 Å². The first-order chi connectivity index (χ1) is 21.1. The van der Waals surface area contributed by atoms with Crippen molar-refractivity contribution in [3.8, 4) is 11.5 Å². The van der Waals surface area contributed by atoms with Crippen LogP contribution in [0.1, 0.15) is 36.6 Å². The number of para-hydroxylation sites is 1. The Bertz CT molecular complexity index is 1660. The summed E-state index contributed by atoms with van der Waals surface area (Å²) in [5.74, 6) is -0.00814. The summed E-state index contributed by atoms with van der Waals surface area (Å²) < 4.78 is 18.9. The number of ether oxygens (including phenoxy) is 3. The molecule has 9 nitrogen and oxygen atoms in total. The molecule has 0 bridgehead atoms. The molecule has 1 aliphatic rings. The molecule has 0 spiro atoms. The van der Waals surface area contributed by atoms with E-state index in [-0.39, 0.29) is 19.8 Å². The minimum Gasteiger partial charge on any atom is -0.487 e. The molecule has 0 unspecified atom stereocenters. The normalized spacial score (nSPS) is 14.6. The third-order valence-corrected chi connectivity index (χ3v) is 8.37. The summed E-state index contributed by atoms with van der Waals surface area (Å²) >= 11 is 23.1. The molecule has 3 aromatic rings. The number of amides is 1. The molecule has 44 heavy (non-hydrogen) atoms. The van der Waals surface area contributed by atoms with E-state index in [4.69, 9.17) is 49.6 Å². The van der Waals surface area contributed by atoms with Crippen LogP contribution in [0.5, 0.6) is 11.5 Å². The Morgan fingerprint density at radius 1 is 1.14 bits per heavy atom. The Kier molecular flexibility index (Phi) is 12.3. The number of halogens is 4. The van der Waals surface area contributed by atoms with Crippen LogP contribution in [-0.4, -0.2) is 36.4 Å². The summed E-state index contributed by atoms with van der Waals surface area (Å²) in [6, 6.07) is 15.4. The lowest BCUT2D eigenvalue weighted by atomic mass is 9.95. The van der Waals surface area contributed by atoms with E-state index in [1.165, 1.54) is 6.21 Å². The van der Waals surface area contributed by atoms with E-state index in [0.717, 1.165) is 13.6 Å². The van der Waals surface area contributed by atoms with Crippen molar-refractivity contribution >= 4 is 97.1 Å². The van der Waals surface area contributed by atoms with Crippen molar-refractivity contribution < 1.29 is 23.8 Å². The molecular formula is C30H26BrCl2IN4O5S. The number of benzene rings is 3. The van der Waals surface area contributed by atoms with Crippen molar-refractivity contribution in [3.05, 3.63) is 101 Å². The Morgan fingerprint density at radius 3 is 2.66 bits per heavy atom. The minimum atomic E-state index is -0.638. The number of carbonyl (C=O) groups is 2. The third kappa shape index (κ3) is 8.84. The van der Waals surface area contributed by atoms with Gasteiger partial charge in [-0.3, -0.25) is 4.79 Å². The van der Waals surface area contributed by atoms with Crippen molar-refractivity contribution in [3.63, 3.8) is 0 Å². The number of allylic oxidation sites excluding steroid dienone is 1. The van der Waals surface area contributed by atoms with Crippen LogP contribution in [0.2, 0.25) is 10.0 Å². The second-order valence-electron chi connectivity index (χ2n) is 9.25. The van der Waals surface area contributed by atoms with Crippen LogP contribution < -0.4 is 25.5 Å². The van der Waals surface area contributed by atoms with Gasteiger partial charge >= 0.3 is 5.97 Å². The monoisotopic (exact) mass is 830 g/mol. The topological polar surface area (TPSA) is 110 Å². The SMILES string of the molecule is CCOC(=O)C1=C(C)NC(=S)N[C@H]1c1ccccc1OCC(=O)NN=Cc1cc(Br)cc(I)c1OCc1ccc(Cl)c(Cl)c1. The maximum Gasteiger partial charge on any atom is 0.338 e. The van der Waals surface area contributed by atoms with Gasteiger partial charge in [0.05, 0.1) is 38.1 Å². The molecule has 4 rings (SSSR count). The maximum absolute atomic E-state index is 12.8. The molecule has 0 saturated carbocycles. The molecule has 0 aliphatic carbocycles. The van der Waals surface area contributed by atoms with Crippen molar-refractivity contribution in [2.45, 2.75) is 26.5 Å². The fraction of sp³-hybridized carbons (Fsp3) is 0.200. The first-order valence-corrected chi connectivity index (χ1v) is 16.2. The zero-order valence-electron chi connectivity index (χ0n) is 23.4. The predicted octanol–water partition coefficient (Wildman–Crippen LogP) is 6.82. The van der Waals surface area contributed by atoms with E-state index in [0.29, 0.717) is 49.1 Å². The lowest BCUT2D eigenvalue weighted by molar-refractivity contribution is -0.139. The molecule has 1 aliphatic heterocycles. The quantitative estimate of drug-likeness (QED) is 0.0636. The number of esters is 1. The number of carbonyl (C=O) groups excluding carboxylic acids is 2. The number of nitrogens with one attached hydrogen (secondary N) is 3. The molecule has 1 atom stereocenters. The Hall–Kier alpha value is -2.91. The van der Waals surface area contributed by atoms with Crippen LogP contribution in [0.25, 0.3) is 0 Å². The van der Waals surface area contributed by atoms with Crippen LogP contribution >= 0.6 is 73.9 Å². The van der Waals surface area contributed by atoms with Crippen molar-refractivity contribution in [1.82, 2.24) is 16.1 Å². The van der Waals surface area contributed by atoms with Gasteiger partial charge in [0.15, 0.2) is 11.7 Å². The molecular weight excluding hydrogens is 806 g/mol. The Balaban J connectivity index is 1.44. The molecule has 0 aromatic heterocycles. The van der Waals surface area contributed by atoms with Gasteiger partial charge in [0, 0.05) is 21.3 Å². The van der Waals surface area contributed by atoms with Crippen molar-refractivity contribution in [2.75, 3.05) is 13.2 Å². The molecule has 1 heterocycles. The highest BCUT2D eigenvalue weighted by Crippen LogP contribution is 2.34. The number of hydrogen-bond acceptors (Lipinski definition) is 7. The summed E-state index contributed by atoms with van der Waals surface area (Å²) in [4.78, 5) is 25.5. The largest absolute Gasteiger partial charge is 0.487 e. The van der Waals surface area contributed by atoms with Gasteiger partial charge in [0.25, 0.3) is 5.91 Å². The summed E-state index contributed by atoms with van der Waals surface area (Å²) in [7, 11) is 0. The molecule has 3 N–H and O–H groups in total.